The van der Waals surface area contributed by atoms with Crippen molar-refractivity contribution in [2.75, 3.05) is 5.73 Å². The van der Waals surface area contributed by atoms with Gasteiger partial charge in [0.1, 0.15) is 5.82 Å². The van der Waals surface area contributed by atoms with Gasteiger partial charge in [0.25, 0.3) is 5.91 Å². The van der Waals surface area contributed by atoms with Crippen molar-refractivity contribution in [2.24, 2.45) is 7.05 Å². The second kappa shape index (κ2) is 5.22. The van der Waals surface area contributed by atoms with Crippen LogP contribution in [-0.2, 0) is 13.6 Å². The summed E-state index contributed by atoms with van der Waals surface area (Å²) in [5.41, 5.74) is 6.70. The van der Waals surface area contributed by atoms with Gasteiger partial charge >= 0.3 is 0 Å². The van der Waals surface area contributed by atoms with Crippen molar-refractivity contribution >= 4 is 27.5 Å². The standard InChI is InChI=1S/C12H13BrN4O/c1-17-5-4-15-11(17)7-16-12(18)9-3-2-8(13)6-10(9)14/h2-6H,7,14H2,1H3,(H,16,18). The summed E-state index contributed by atoms with van der Waals surface area (Å²) in [6, 6.07) is 5.18. The van der Waals surface area contributed by atoms with E-state index in [0.717, 1.165) is 10.3 Å². The zero-order chi connectivity index (χ0) is 13.1. The number of rotatable bonds is 3. The molecule has 5 nitrogen and oxygen atoms in total. The Morgan fingerprint density at radius 3 is 2.94 bits per heavy atom. The van der Waals surface area contributed by atoms with Gasteiger partial charge in [0.2, 0.25) is 0 Å². The Kier molecular flexibility index (Phi) is 3.66. The number of anilines is 1. The van der Waals surface area contributed by atoms with E-state index in [-0.39, 0.29) is 5.91 Å². The van der Waals surface area contributed by atoms with Crippen molar-refractivity contribution in [1.29, 1.82) is 0 Å². The number of hydrogen-bond acceptors (Lipinski definition) is 3. The molecule has 1 aromatic carbocycles. The SMILES string of the molecule is Cn1ccnc1CNC(=O)c1ccc(Br)cc1N. The Bertz CT molecular complexity index is 579. The van der Waals surface area contributed by atoms with E-state index in [1.807, 2.05) is 17.8 Å². The number of benzene rings is 1. The van der Waals surface area contributed by atoms with Gasteiger partial charge in [-0.15, -0.1) is 0 Å². The summed E-state index contributed by atoms with van der Waals surface area (Å²) in [5.74, 6) is 0.585. The van der Waals surface area contributed by atoms with Gasteiger partial charge in [-0.25, -0.2) is 4.98 Å². The maximum Gasteiger partial charge on any atom is 0.253 e. The van der Waals surface area contributed by atoms with Crippen molar-refractivity contribution in [3.05, 3.63) is 46.5 Å². The van der Waals surface area contributed by atoms with E-state index in [2.05, 4.69) is 26.2 Å². The second-order valence-corrected chi connectivity index (χ2v) is 4.78. The molecule has 3 N–H and O–H groups in total. The van der Waals surface area contributed by atoms with Crippen molar-refractivity contribution in [1.82, 2.24) is 14.9 Å². The van der Waals surface area contributed by atoms with Gasteiger partial charge in [-0.05, 0) is 18.2 Å². The number of nitrogens with one attached hydrogen (secondary N) is 1. The number of aromatic nitrogens is 2. The Morgan fingerprint density at radius 2 is 2.33 bits per heavy atom. The predicted molar refractivity (Wildman–Crippen MR) is 72.9 cm³/mol. The van der Waals surface area contributed by atoms with Crippen LogP contribution in [0.1, 0.15) is 16.2 Å². The fraction of sp³-hybridized carbons (Fsp3) is 0.167. The van der Waals surface area contributed by atoms with Crippen molar-refractivity contribution in [2.45, 2.75) is 6.54 Å². The summed E-state index contributed by atoms with van der Waals surface area (Å²) >= 11 is 3.30. The molecule has 0 radical (unpaired) electrons. The molecule has 0 bridgehead atoms. The molecular formula is C12H13BrN4O. The van der Waals surface area contributed by atoms with Crippen LogP contribution in [0.2, 0.25) is 0 Å². The van der Waals surface area contributed by atoms with Crippen molar-refractivity contribution in [3.8, 4) is 0 Å². The first-order valence-corrected chi connectivity index (χ1v) is 6.16. The minimum atomic E-state index is -0.206. The predicted octanol–water partition coefficient (Wildman–Crippen LogP) is 1.69. The monoisotopic (exact) mass is 308 g/mol. The van der Waals surface area contributed by atoms with Crippen LogP contribution < -0.4 is 11.1 Å². The number of nitrogens with zero attached hydrogens (tertiary/aromatic N) is 2. The summed E-state index contributed by atoms with van der Waals surface area (Å²) < 4.78 is 2.70. The lowest BCUT2D eigenvalue weighted by atomic mass is 10.1. The summed E-state index contributed by atoms with van der Waals surface area (Å²) in [7, 11) is 1.88. The number of imidazole rings is 1. The third-order valence-corrected chi connectivity index (χ3v) is 3.08. The number of halogens is 1. The van der Waals surface area contributed by atoms with Gasteiger partial charge in [0.05, 0.1) is 12.1 Å². The number of carbonyl (C=O) groups is 1. The van der Waals surface area contributed by atoms with Crippen LogP contribution in [0.25, 0.3) is 0 Å². The van der Waals surface area contributed by atoms with Crippen LogP contribution in [0.4, 0.5) is 5.69 Å². The quantitative estimate of drug-likeness (QED) is 0.848. The number of hydrogen-bond donors (Lipinski definition) is 2. The van der Waals surface area contributed by atoms with Crippen molar-refractivity contribution < 1.29 is 4.79 Å². The molecule has 0 fully saturated rings. The molecule has 0 saturated heterocycles. The Morgan fingerprint density at radius 1 is 1.56 bits per heavy atom. The average Bonchev–Trinajstić information content (AvgIpc) is 2.72. The van der Waals surface area contributed by atoms with Gasteiger partial charge in [-0.3, -0.25) is 4.79 Å². The Hall–Kier alpha value is -1.82. The number of carbonyl (C=O) groups excluding carboxylic acids is 1. The fourth-order valence-corrected chi connectivity index (χ4v) is 1.94. The third-order valence-electron chi connectivity index (χ3n) is 2.59. The molecule has 2 rings (SSSR count). The highest BCUT2D eigenvalue weighted by Crippen LogP contribution is 2.18. The fourth-order valence-electron chi connectivity index (χ4n) is 1.56. The molecule has 0 aliphatic rings. The number of nitrogens with two attached hydrogens (primary N) is 1. The molecule has 0 saturated carbocycles. The molecule has 0 aliphatic carbocycles. The van der Waals surface area contributed by atoms with Crippen LogP contribution in [0.3, 0.4) is 0 Å². The van der Waals surface area contributed by atoms with Crippen molar-refractivity contribution in [3.63, 3.8) is 0 Å². The molecule has 94 valence electrons. The first-order chi connectivity index (χ1) is 8.58. The van der Waals surface area contributed by atoms with E-state index in [1.165, 1.54) is 0 Å². The summed E-state index contributed by atoms with van der Waals surface area (Å²) in [6.07, 6.45) is 3.52. The van der Waals surface area contributed by atoms with Crippen LogP contribution >= 0.6 is 15.9 Å². The molecule has 1 heterocycles. The number of nitrogen functional groups attached to an aromatic ring is 1. The number of amides is 1. The lowest BCUT2D eigenvalue weighted by Crippen LogP contribution is -2.25. The minimum Gasteiger partial charge on any atom is -0.398 e. The van der Waals surface area contributed by atoms with Gasteiger partial charge in [0.15, 0.2) is 0 Å². The van der Waals surface area contributed by atoms with E-state index >= 15 is 0 Å². The van der Waals surface area contributed by atoms with Gasteiger partial charge in [-0.1, -0.05) is 15.9 Å². The van der Waals surface area contributed by atoms with Crippen LogP contribution in [0, 0.1) is 0 Å². The first-order valence-electron chi connectivity index (χ1n) is 5.37. The lowest BCUT2D eigenvalue weighted by molar-refractivity contribution is 0.0950. The third kappa shape index (κ3) is 2.70. The van der Waals surface area contributed by atoms with E-state index in [1.54, 1.807) is 24.4 Å². The largest absolute Gasteiger partial charge is 0.398 e. The van der Waals surface area contributed by atoms with E-state index in [4.69, 9.17) is 5.73 Å². The number of aryl methyl sites for hydroxylation is 1. The summed E-state index contributed by atoms with van der Waals surface area (Å²) in [4.78, 5) is 16.1. The lowest BCUT2D eigenvalue weighted by Gasteiger charge is -2.07. The molecule has 2 aromatic rings. The van der Waals surface area contributed by atoms with E-state index in [9.17, 15) is 4.79 Å². The topological polar surface area (TPSA) is 72.9 Å². The van der Waals surface area contributed by atoms with Gasteiger partial charge < -0.3 is 15.6 Å². The molecule has 6 heteroatoms. The molecule has 1 amide bonds. The molecule has 1 aromatic heterocycles. The van der Waals surface area contributed by atoms with E-state index < -0.39 is 0 Å². The van der Waals surface area contributed by atoms with Gasteiger partial charge in [0, 0.05) is 29.6 Å². The highest BCUT2D eigenvalue weighted by atomic mass is 79.9. The van der Waals surface area contributed by atoms with Crippen LogP contribution in [0.5, 0.6) is 0 Å². The summed E-state index contributed by atoms with van der Waals surface area (Å²) in [5, 5.41) is 2.78. The maximum atomic E-state index is 11.9. The van der Waals surface area contributed by atoms with Crippen LogP contribution in [0.15, 0.2) is 35.1 Å². The Labute approximate surface area is 113 Å². The average molecular weight is 309 g/mol. The zero-order valence-electron chi connectivity index (χ0n) is 9.85. The minimum absolute atomic E-state index is 0.206. The molecule has 0 atom stereocenters. The zero-order valence-corrected chi connectivity index (χ0v) is 11.4. The summed E-state index contributed by atoms with van der Waals surface area (Å²) in [6.45, 7) is 0.373. The molecule has 0 spiro atoms. The first kappa shape index (κ1) is 12.6. The smallest absolute Gasteiger partial charge is 0.253 e. The maximum absolute atomic E-state index is 11.9. The molecule has 0 unspecified atom stereocenters. The Balaban J connectivity index is 2.06. The highest BCUT2D eigenvalue weighted by molar-refractivity contribution is 9.10. The molecule has 0 aliphatic heterocycles. The normalized spacial score (nSPS) is 10.3. The van der Waals surface area contributed by atoms with E-state index in [0.29, 0.717) is 17.8 Å². The second-order valence-electron chi connectivity index (χ2n) is 3.87. The molecule has 18 heavy (non-hydrogen) atoms. The molecular weight excluding hydrogens is 296 g/mol. The highest BCUT2D eigenvalue weighted by Gasteiger charge is 2.10. The van der Waals surface area contributed by atoms with Crippen LogP contribution in [-0.4, -0.2) is 15.5 Å². The van der Waals surface area contributed by atoms with Gasteiger partial charge in [-0.2, -0.15) is 0 Å².